The molecule has 0 unspecified atom stereocenters. The number of aryl methyl sites for hydroxylation is 1. The second kappa shape index (κ2) is 6.11. The van der Waals surface area contributed by atoms with Crippen LogP contribution in [0.5, 0.6) is 0 Å². The first-order chi connectivity index (χ1) is 6.77. The van der Waals surface area contributed by atoms with Gasteiger partial charge in [-0.3, -0.25) is 0 Å². The number of thioether (sulfide) groups is 1. The lowest BCUT2D eigenvalue weighted by Crippen LogP contribution is -2.15. The summed E-state index contributed by atoms with van der Waals surface area (Å²) in [5.41, 5.74) is 1.20. The van der Waals surface area contributed by atoms with E-state index >= 15 is 0 Å². The average molecular weight is 216 g/mol. The molecule has 0 saturated carbocycles. The van der Waals surface area contributed by atoms with Gasteiger partial charge in [-0.15, -0.1) is 11.8 Å². The van der Waals surface area contributed by atoms with Crippen LogP contribution in [0.3, 0.4) is 0 Å². The average Bonchev–Trinajstić information content (AvgIpc) is 2.59. The van der Waals surface area contributed by atoms with E-state index in [1.54, 1.807) is 32.2 Å². The summed E-state index contributed by atoms with van der Waals surface area (Å²) in [6, 6.07) is 1.97. The molecule has 0 bridgehead atoms. The first-order valence-electron chi connectivity index (χ1n) is 4.44. The lowest BCUT2D eigenvalue weighted by molar-refractivity contribution is -0.0842. The minimum Gasteiger partial charge on any atom is -0.468 e. The summed E-state index contributed by atoms with van der Waals surface area (Å²) in [6.07, 6.45) is 1.59. The van der Waals surface area contributed by atoms with Crippen LogP contribution >= 0.6 is 11.8 Å². The van der Waals surface area contributed by atoms with Crippen molar-refractivity contribution in [3.63, 3.8) is 0 Å². The van der Waals surface area contributed by atoms with Crippen LogP contribution < -0.4 is 0 Å². The molecule has 1 aromatic heterocycles. The van der Waals surface area contributed by atoms with Crippen LogP contribution in [0.15, 0.2) is 16.7 Å². The fourth-order valence-corrected chi connectivity index (χ4v) is 2.10. The van der Waals surface area contributed by atoms with E-state index in [0.717, 1.165) is 17.3 Å². The Morgan fingerprint density at radius 2 is 2.14 bits per heavy atom. The van der Waals surface area contributed by atoms with Gasteiger partial charge in [0.15, 0.2) is 6.29 Å². The van der Waals surface area contributed by atoms with E-state index in [4.69, 9.17) is 13.9 Å². The highest BCUT2D eigenvalue weighted by molar-refractivity contribution is 7.98. The smallest absolute Gasteiger partial charge is 0.165 e. The largest absolute Gasteiger partial charge is 0.468 e. The standard InChI is InChI=1S/C10H16O3S/c1-8-4-5-13-9(8)6-14-7-10(11-2)12-3/h4-5,10H,6-7H2,1-3H3. The van der Waals surface area contributed by atoms with Crippen LogP contribution in [-0.4, -0.2) is 26.3 Å². The lowest BCUT2D eigenvalue weighted by Gasteiger charge is -2.11. The maximum atomic E-state index is 5.31. The van der Waals surface area contributed by atoms with Gasteiger partial charge >= 0.3 is 0 Å². The van der Waals surface area contributed by atoms with Crippen molar-refractivity contribution in [2.24, 2.45) is 0 Å². The zero-order chi connectivity index (χ0) is 10.4. The number of rotatable bonds is 6. The molecular formula is C10H16O3S. The van der Waals surface area contributed by atoms with Crippen molar-refractivity contribution >= 4 is 11.8 Å². The summed E-state index contributed by atoms with van der Waals surface area (Å²) in [6.45, 7) is 2.05. The maximum absolute atomic E-state index is 5.31. The van der Waals surface area contributed by atoms with Crippen molar-refractivity contribution in [3.05, 3.63) is 23.7 Å². The van der Waals surface area contributed by atoms with E-state index in [2.05, 4.69) is 0 Å². The first-order valence-corrected chi connectivity index (χ1v) is 5.59. The highest BCUT2D eigenvalue weighted by Crippen LogP contribution is 2.18. The van der Waals surface area contributed by atoms with Crippen LogP contribution in [0.4, 0.5) is 0 Å². The van der Waals surface area contributed by atoms with E-state index in [-0.39, 0.29) is 6.29 Å². The summed E-state index contributed by atoms with van der Waals surface area (Å²) in [7, 11) is 3.29. The van der Waals surface area contributed by atoms with Crippen LogP contribution in [0.2, 0.25) is 0 Å². The van der Waals surface area contributed by atoms with Gasteiger partial charge in [-0.05, 0) is 18.6 Å². The third-order valence-corrected chi connectivity index (χ3v) is 2.96. The Balaban J connectivity index is 2.24. The molecule has 14 heavy (non-hydrogen) atoms. The molecule has 0 spiro atoms. The summed E-state index contributed by atoms with van der Waals surface area (Å²) in [5.74, 6) is 2.70. The molecule has 3 nitrogen and oxygen atoms in total. The predicted molar refractivity (Wildman–Crippen MR) is 57.4 cm³/mol. The number of hydrogen-bond donors (Lipinski definition) is 0. The molecule has 0 N–H and O–H groups in total. The third kappa shape index (κ3) is 3.36. The van der Waals surface area contributed by atoms with E-state index in [9.17, 15) is 0 Å². The number of furan rings is 1. The molecule has 0 aliphatic carbocycles. The van der Waals surface area contributed by atoms with E-state index in [0.29, 0.717) is 0 Å². The molecule has 0 atom stereocenters. The van der Waals surface area contributed by atoms with Gasteiger partial charge < -0.3 is 13.9 Å². The van der Waals surface area contributed by atoms with E-state index in [1.165, 1.54) is 5.56 Å². The summed E-state index contributed by atoms with van der Waals surface area (Å²) in [5, 5.41) is 0. The Hall–Kier alpha value is -0.450. The zero-order valence-corrected chi connectivity index (χ0v) is 9.60. The SMILES string of the molecule is COC(CSCc1occc1C)OC. The maximum Gasteiger partial charge on any atom is 0.165 e. The third-order valence-electron chi connectivity index (χ3n) is 1.98. The molecule has 1 aromatic rings. The van der Waals surface area contributed by atoms with Crippen LogP contribution in [0, 0.1) is 6.92 Å². The minimum atomic E-state index is -0.129. The summed E-state index contributed by atoms with van der Waals surface area (Å²) < 4.78 is 15.5. The first kappa shape index (κ1) is 11.6. The van der Waals surface area contributed by atoms with E-state index < -0.39 is 0 Å². The Morgan fingerprint density at radius 1 is 1.43 bits per heavy atom. The molecule has 0 amide bonds. The highest BCUT2D eigenvalue weighted by atomic mass is 32.2. The van der Waals surface area contributed by atoms with Crippen molar-refractivity contribution in [1.82, 2.24) is 0 Å². The van der Waals surface area contributed by atoms with Crippen molar-refractivity contribution in [3.8, 4) is 0 Å². The van der Waals surface area contributed by atoms with Gasteiger partial charge in [0.2, 0.25) is 0 Å². The van der Waals surface area contributed by atoms with Gasteiger partial charge in [0.25, 0.3) is 0 Å². The van der Waals surface area contributed by atoms with Gasteiger partial charge in [0.1, 0.15) is 5.76 Å². The van der Waals surface area contributed by atoms with Gasteiger partial charge in [-0.1, -0.05) is 0 Å². The molecule has 1 heterocycles. The number of ether oxygens (including phenoxy) is 2. The molecular weight excluding hydrogens is 200 g/mol. The summed E-state index contributed by atoms with van der Waals surface area (Å²) in [4.78, 5) is 0. The fraction of sp³-hybridized carbons (Fsp3) is 0.600. The normalized spacial score (nSPS) is 11.1. The topological polar surface area (TPSA) is 31.6 Å². The minimum absolute atomic E-state index is 0.129. The Kier molecular flexibility index (Phi) is 5.07. The van der Waals surface area contributed by atoms with Crippen molar-refractivity contribution < 1.29 is 13.9 Å². The van der Waals surface area contributed by atoms with Gasteiger partial charge in [-0.2, -0.15) is 0 Å². The molecule has 0 fully saturated rings. The predicted octanol–water partition coefficient (Wildman–Crippen LogP) is 2.44. The quantitative estimate of drug-likeness (QED) is 0.683. The Bertz CT molecular complexity index is 256. The lowest BCUT2D eigenvalue weighted by atomic mass is 10.3. The van der Waals surface area contributed by atoms with Crippen molar-refractivity contribution in [1.29, 1.82) is 0 Å². The number of methoxy groups -OCH3 is 2. The Morgan fingerprint density at radius 3 is 2.64 bits per heavy atom. The molecule has 0 radical (unpaired) electrons. The molecule has 4 heteroatoms. The van der Waals surface area contributed by atoms with Crippen LogP contribution in [-0.2, 0) is 15.2 Å². The molecule has 0 aliphatic rings. The Labute approximate surface area is 88.8 Å². The van der Waals surface area contributed by atoms with Crippen molar-refractivity contribution in [2.45, 2.75) is 19.0 Å². The molecule has 1 rings (SSSR count). The molecule has 0 aliphatic heterocycles. The second-order valence-electron chi connectivity index (χ2n) is 2.94. The highest BCUT2D eigenvalue weighted by Gasteiger charge is 2.07. The van der Waals surface area contributed by atoms with Gasteiger partial charge in [0.05, 0.1) is 12.0 Å². The molecule has 0 saturated heterocycles. The number of hydrogen-bond acceptors (Lipinski definition) is 4. The molecule has 80 valence electrons. The summed E-state index contributed by atoms with van der Waals surface area (Å²) >= 11 is 1.74. The van der Waals surface area contributed by atoms with Crippen LogP contribution in [0.1, 0.15) is 11.3 Å². The monoisotopic (exact) mass is 216 g/mol. The van der Waals surface area contributed by atoms with Gasteiger partial charge in [-0.25, -0.2) is 0 Å². The fourth-order valence-electron chi connectivity index (χ4n) is 1.03. The van der Waals surface area contributed by atoms with Crippen molar-refractivity contribution in [2.75, 3.05) is 20.0 Å². The molecule has 0 aromatic carbocycles. The van der Waals surface area contributed by atoms with Crippen LogP contribution in [0.25, 0.3) is 0 Å². The van der Waals surface area contributed by atoms with Gasteiger partial charge in [0, 0.05) is 20.0 Å². The second-order valence-corrected chi connectivity index (χ2v) is 3.97. The zero-order valence-electron chi connectivity index (χ0n) is 8.78. The van der Waals surface area contributed by atoms with E-state index in [1.807, 2.05) is 13.0 Å².